The summed E-state index contributed by atoms with van der Waals surface area (Å²) in [5.74, 6) is 0.146. The van der Waals surface area contributed by atoms with E-state index in [0.29, 0.717) is 29.3 Å². The molecule has 1 heterocycles. The van der Waals surface area contributed by atoms with Gasteiger partial charge in [0, 0.05) is 35.3 Å². The van der Waals surface area contributed by atoms with Crippen LogP contribution >= 0.6 is 23.2 Å². The van der Waals surface area contributed by atoms with Gasteiger partial charge in [-0.05, 0) is 41.8 Å². The second-order valence-corrected chi connectivity index (χ2v) is 5.16. The fraction of sp³-hybridized carbons (Fsp3) is 0.200. The van der Waals surface area contributed by atoms with Gasteiger partial charge in [0.05, 0.1) is 0 Å². The predicted molar refractivity (Wildman–Crippen MR) is 77.7 cm³/mol. The minimum Gasteiger partial charge on any atom is -0.299 e. The van der Waals surface area contributed by atoms with Crippen molar-refractivity contribution in [3.05, 3.63) is 63.9 Å². The molecular weight excluding hydrogens is 281 g/mol. The van der Waals surface area contributed by atoms with Crippen molar-refractivity contribution in [3.63, 3.8) is 0 Å². The van der Waals surface area contributed by atoms with Gasteiger partial charge in [-0.1, -0.05) is 29.3 Å². The fourth-order valence-electron chi connectivity index (χ4n) is 1.81. The molecule has 2 nitrogen and oxygen atoms in total. The number of halogens is 2. The largest absolute Gasteiger partial charge is 0.299 e. The van der Waals surface area contributed by atoms with Crippen molar-refractivity contribution in [2.75, 3.05) is 0 Å². The number of aryl methyl sites for hydroxylation is 1. The number of Topliss-reactive ketones (excluding diaryl/α,β-unsaturated/α-hetero) is 1. The Kier molecular flexibility index (Phi) is 4.94. The first-order chi connectivity index (χ1) is 9.15. The van der Waals surface area contributed by atoms with Crippen LogP contribution in [0.3, 0.4) is 0 Å². The summed E-state index contributed by atoms with van der Waals surface area (Å²) in [6.07, 6.45) is 5.00. The summed E-state index contributed by atoms with van der Waals surface area (Å²) in [6.45, 7) is 0. The first kappa shape index (κ1) is 14.0. The molecule has 0 radical (unpaired) electrons. The average Bonchev–Trinajstić information content (AvgIpc) is 2.42. The van der Waals surface area contributed by atoms with E-state index in [4.69, 9.17) is 23.2 Å². The minimum absolute atomic E-state index is 0.146. The maximum absolute atomic E-state index is 11.9. The molecule has 0 aliphatic rings. The molecule has 0 aliphatic heterocycles. The van der Waals surface area contributed by atoms with Crippen LogP contribution in [0.5, 0.6) is 0 Å². The monoisotopic (exact) mass is 293 g/mol. The summed E-state index contributed by atoms with van der Waals surface area (Å²) < 4.78 is 0. The number of carbonyl (C=O) groups excluding carboxylic acids is 1. The highest BCUT2D eigenvalue weighted by Gasteiger charge is 2.08. The van der Waals surface area contributed by atoms with Crippen molar-refractivity contribution in [2.24, 2.45) is 0 Å². The van der Waals surface area contributed by atoms with Gasteiger partial charge in [-0.3, -0.25) is 9.78 Å². The first-order valence-electron chi connectivity index (χ1n) is 5.99. The van der Waals surface area contributed by atoms with E-state index in [1.54, 1.807) is 30.6 Å². The molecule has 0 atom stereocenters. The number of pyridine rings is 1. The standard InChI is InChI=1S/C15H13Cl2NO/c16-13-4-6-15(17)12(8-13)9-14(19)5-3-11-2-1-7-18-10-11/h1-2,4,6-8,10H,3,5,9H2. The lowest BCUT2D eigenvalue weighted by atomic mass is 10.0. The van der Waals surface area contributed by atoms with Crippen molar-refractivity contribution >= 4 is 29.0 Å². The molecule has 4 heteroatoms. The van der Waals surface area contributed by atoms with Gasteiger partial charge in [0.15, 0.2) is 0 Å². The predicted octanol–water partition coefficient (Wildman–Crippen LogP) is 4.13. The summed E-state index contributed by atoms with van der Waals surface area (Å²) >= 11 is 11.9. The number of rotatable bonds is 5. The SMILES string of the molecule is O=C(CCc1cccnc1)Cc1cc(Cl)ccc1Cl. The van der Waals surface area contributed by atoms with E-state index in [1.165, 1.54) is 0 Å². The Hall–Kier alpha value is -1.38. The first-order valence-corrected chi connectivity index (χ1v) is 6.75. The molecule has 1 aromatic heterocycles. The van der Waals surface area contributed by atoms with Gasteiger partial charge in [-0.2, -0.15) is 0 Å². The number of benzene rings is 1. The molecular formula is C15H13Cl2NO. The van der Waals surface area contributed by atoms with Crippen LogP contribution in [0, 0.1) is 0 Å². The molecule has 98 valence electrons. The topological polar surface area (TPSA) is 30.0 Å². The van der Waals surface area contributed by atoms with Crippen LogP contribution in [-0.4, -0.2) is 10.8 Å². The van der Waals surface area contributed by atoms with E-state index in [0.717, 1.165) is 11.1 Å². The summed E-state index contributed by atoms with van der Waals surface area (Å²) in [5, 5.41) is 1.18. The lowest BCUT2D eigenvalue weighted by Gasteiger charge is -2.04. The van der Waals surface area contributed by atoms with E-state index in [2.05, 4.69) is 4.98 Å². The van der Waals surface area contributed by atoms with Crippen LogP contribution in [0.4, 0.5) is 0 Å². The van der Waals surface area contributed by atoms with E-state index < -0.39 is 0 Å². The summed E-state index contributed by atoms with van der Waals surface area (Å²) in [7, 11) is 0. The zero-order chi connectivity index (χ0) is 13.7. The number of ketones is 1. The Morgan fingerprint density at radius 2 is 2.05 bits per heavy atom. The second-order valence-electron chi connectivity index (χ2n) is 4.31. The highest BCUT2D eigenvalue weighted by molar-refractivity contribution is 6.33. The zero-order valence-electron chi connectivity index (χ0n) is 10.3. The second kappa shape index (κ2) is 6.69. The molecule has 0 bridgehead atoms. The van der Waals surface area contributed by atoms with Crippen LogP contribution < -0.4 is 0 Å². The van der Waals surface area contributed by atoms with Crippen LogP contribution in [-0.2, 0) is 17.6 Å². The molecule has 0 amide bonds. The van der Waals surface area contributed by atoms with Crippen LogP contribution in [0.2, 0.25) is 10.0 Å². The molecule has 1 aromatic carbocycles. The van der Waals surface area contributed by atoms with Crippen molar-refractivity contribution in [3.8, 4) is 0 Å². The molecule has 0 saturated heterocycles. The third kappa shape index (κ3) is 4.34. The molecule has 2 aromatic rings. The van der Waals surface area contributed by atoms with Crippen LogP contribution in [0.15, 0.2) is 42.7 Å². The maximum Gasteiger partial charge on any atom is 0.137 e. The number of nitrogens with zero attached hydrogens (tertiary/aromatic N) is 1. The summed E-state index contributed by atoms with van der Waals surface area (Å²) in [6, 6.07) is 9.01. The Morgan fingerprint density at radius 1 is 1.21 bits per heavy atom. The summed E-state index contributed by atoms with van der Waals surface area (Å²) in [5.41, 5.74) is 1.85. The highest BCUT2D eigenvalue weighted by atomic mass is 35.5. The van der Waals surface area contributed by atoms with Crippen molar-refractivity contribution in [2.45, 2.75) is 19.3 Å². The van der Waals surface area contributed by atoms with Gasteiger partial charge in [-0.15, -0.1) is 0 Å². The van der Waals surface area contributed by atoms with Gasteiger partial charge >= 0.3 is 0 Å². The number of aromatic nitrogens is 1. The fourth-order valence-corrected chi connectivity index (χ4v) is 2.19. The molecule has 0 saturated carbocycles. The van der Waals surface area contributed by atoms with E-state index >= 15 is 0 Å². The number of hydrogen-bond donors (Lipinski definition) is 0. The number of hydrogen-bond acceptors (Lipinski definition) is 2. The Labute approximate surface area is 122 Å². The molecule has 0 fully saturated rings. The Balaban J connectivity index is 1.93. The van der Waals surface area contributed by atoms with Crippen LogP contribution in [0.1, 0.15) is 17.5 Å². The average molecular weight is 294 g/mol. The number of carbonyl (C=O) groups is 1. The van der Waals surface area contributed by atoms with Crippen molar-refractivity contribution < 1.29 is 4.79 Å². The molecule has 0 unspecified atom stereocenters. The summed E-state index contributed by atoms with van der Waals surface area (Å²) in [4.78, 5) is 15.9. The molecule has 2 rings (SSSR count). The van der Waals surface area contributed by atoms with Gasteiger partial charge in [0.25, 0.3) is 0 Å². The normalized spacial score (nSPS) is 10.4. The van der Waals surface area contributed by atoms with E-state index in [1.807, 2.05) is 12.1 Å². The van der Waals surface area contributed by atoms with E-state index in [9.17, 15) is 4.79 Å². The lowest BCUT2D eigenvalue weighted by Crippen LogP contribution is -2.05. The van der Waals surface area contributed by atoms with Gasteiger partial charge in [0.1, 0.15) is 5.78 Å². The molecule has 0 spiro atoms. The van der Waals surface area contributed by atoms with Gasteiger partial charge in [0.2, 0.25) is 0 Å². The Bertz CT molecular complexity index is 570. The third-order valence-electron chi connectivity index (χ3n) is 2.81. The van der Waals surface area contributed by atoms with Gasteiger partial charge in [-0.25, -0.2) is 0 Å². The molecule has 0 aliphatic carbocycles. The highest BCUT2D eigenvalue weighted by Crippen LogP contribution is 2.21. The van der Waals surface area contributed by atoms with E-state index in [-0.39, 0.29) is 5.78 Å². The smallest absolute Gasteiger partial charge is 0.137 e. The Morgan fingerprint density at radius 3 is 2.79 bits per heavy atom. The van der Waals surface area contributed by atoms with Crippen LogP contribution in [0.25, 0.3) is 0 Å². The van der Waals surface area contributed by atoms with Gasteiger partial charge < -0.3 is 0 Å². The third-order valence-corrected chi connectivity index (χ3v) is 3.41. The minimum atomic E-state index is 0.146. The molecule has 0 N–H and O–H groups in total. The van der Waals surface area contributed by atoms with Crippen molar-refractivity contribution in [1.82, 2.24) is 4.98 Å². The quantitative estimate of drug-likeness (QED) is 0.829. The lowest BCUT2D eigenvalue weighted by molar-refractivity contribution is -0.118. The molecule has 19 heavy (non-hydrogen) atoms. The zero-order valence-corrected chi connectivity index (χ0v) is 11.8. The van der Waals surface area contributed by atoms with Crippen molar-refractivity contribution in [1.29, 1.82) is 0 Å². The maximum atomic E-state index is 11.9.